The molecule has 0 aromatic carbocycles. The Labute approximate surface area is 201 Å². The van der Waals surface area contributed by atoms with Crippen LogP contribution >= 0.6 is 0 Å². The maximum Gasteiger partial charge on any atom is 0.336 e. The third-order valence-electron chi connectivity index (χ3n) is 11.4. The molecule has 0 amide bonds. The van der Waals surface area contributed by atoms with Crippen LogP contribution in [0, 0.1) is 22.7 Å². The van der Waals surface area contributed by atoms with E-state index in [1.165, 1.54) is 5.57 Å². The van der Waals surface area contributed by atoms with Gasteiger partial charge in [0.2, 0.25) is 0 Å². The molecule has 4 aliphatic carbocycles. The molecule has 34 heavy (non-hydrogen) atoms. The molecule has 6 rings (SSSR count). The number of esters is 1. The second-order valence-corrected chi connectivity index (χ2v) is 12.2. The molecule has 2 saturated carbocycles. The van der Waals surface area contributed by atoms with E-state index in [1.807, 2.05) is 19.9 Å². The van der Waals surface area contributed by atoms with Crippen LogP contribution in [0.2, 0.25) is 0 Å². The summed E-state index contributed by atoms with van der Waals surface area (Å²) < 4.78 is 13.0. The highest BCUT2D eigenvalue weighted by atomic mass is 16.6. The Morgan fingerprint density at radius 1 is 1.12 bits per heavy atom. The van der Waals surface area contributed by atoms with E-state index in [4.69, 9.17) is 9.47 Å². The van der Waals surface area contributed by atoms with Gasteiger partial charge in [-0.1, -0.05) is 30.2 Å². The van der Waals surface area contributed by atoms with Crippen molar-refractivity contribution in [3.8, 4) is 0 Å². The monoisotopic (exact) mass is 468 g/mol. The number of hydrogen-bond acceptors (Lipinski definition) is 6. The summed E-state index contributed by atoms with van der Waals surface area (Å²) in [5.41, 5.74) is -1.46. The van der Waals surface area contributed by atoms with Crippen LogP contribution in [0.5, 0.6) is 0 Å². The molecular formula is C28H36O6. The van der Waals surface area contributed by atoms with Gasteiger partial charge in [-0.15, -0.1) is 0 Å². The van der Waals surface area contributed by atoms with Gasteiger partial charge in [0, 0.05) is 11.8 Å². The Balaban J connectivity index is 1.44. The molecule has 6 nitrogen and oxygen atoms in total. The first-order valence-electron chi connectivity index (χ1n) is 12.8. The lowest BCUT2D eigenvalue weighted by Gasteiger charge is -2.59. The molecule has 1 saturated heterocycles. The van der Waals surface area contributed by atoms with Crippen molar-refractivity contribution >= 4 is 11.8 Å². The summed E-state index contributed by atoms with van der Waals surface area (Å²) in [5, 5.41) is 22.0. The van der Waals surface area contributed by atoms with Crippen molar-refractivity contribution in [1.29, 1.82) is 0 Å². The maximum atomic E-state index is 13.2. The quantitative estimate of drug-likeness (QED) is 0.476. The van der Waals surface area contributed by atoms with Gasteiger partial charge >= 0.3 is 5.97 Å². The molecule has 2 N–H and O–H groups in total. The van der Waals surface area contributed by atoms with Gasteiger partial charge in [0.1, 0.15) is 17.3 Å². The topological polar surface area (TPSA) is 93.1 Å². The minimum Gasteiger partial charge on any atom is -0.455 e. The highest BCUT2D eigenvalue weighted by Crippen LogP contribution is 2.77. The maximum absolute atomic E-state index is 13.2. The van der Waals surface area contributed by atoms with Gasteiger partial charge in [-0.3, -0.25) is 4.79 Å². The van der Waals surface area contributed by atoms with Crippen molar-refractivity contribution in [2.24, 2.45) is 22.7 Å². The molecule has 0 spiro atoms. The van der Waals surface area contributed by atoms with Crippen LogP contribution in [0.15, 0.2) is 34.9 Å². The zero-order valence-corrected chi connectivity index (χ0v) is 20.6. The largest absolute Gasteiger partial charge is 0.455 e. The lowest BCUT2D eigenvalue weighted by Crippen LogP contribution is -2.63. The Kier molecular flexibility index (Phi) is 4.48. The molecule has 0 aromatic heterocycles. The van der Waals surface area contributed by atoms with E-state index in [0.717, 1.165) is 37.7 Å². The Morgan fingerprint density at radius 3 is 2.59 bits per heavy atom. The lowest BCUT2D eigenvalue weighted by atomic mass is 9.46. The fraction of sp³-hybridized carbons (Fsp3) is 0.714. The molecule has 8 atom stereocenters. The fourth-order valence-corrected chi connectivity index (χ4v) is 9.27. The van der Waals surface area contributed by atoms with E-state index in [-0.39, 0.29) is 24.2 Å². The van der Waals surface area contributed by atoms with Crippen LogP contribution in [0.4, 0.5) is 0 Å². The summed E-state index contributed by atoms with van der Waals surface area (Å²) in [4.78, 5) is 25.9. The van der Waals surface area contributed by atoms with Crippen LogP contribution in [0.25, 0.3) is 0 Å². The third-order valence-corrected chi connectivity index (χ3v) is 11.4. The van der Waals surface area contributed by atoms with Crippen LogP contribution < -0.4 is 0 Å². The molecule has 184 valence electrons. The normalized spacial score (nSPS) is 51.6. The standard InChI is InChI=1S/C28H36O6/c1-16-14-22(33-23(31)18(16)15-29)26(4)28(32)13-12-27(34-26)20-9-8-17-6-5-7-21(30)25(17,3)19(20)10-11-24(27,28)2/h5,7-8,19-20,22,29,32H,6,9-15H2,1-4H3/t19-,20+,22+,24-,25-,26+,27+,28+/m0/s1. The number of aliphatic hydroxyl groups is 2. The molecule has 2 bridgehead atoms. The average Bonchev–Trinajstić information content (AvgIpc) is 3.11. The summed E-state index contributed by atoms with van der Waals surface area (Å²) in [6, 6.07) is 0. The molecule has 0 aromatic rings. The number of fused-ring (bicyclic) bond motifs is 3. The van der Waals surface area contributed by atoms with Gasteiger partial charge in [0.25, 0.3) is 0 Å². The van der Waals surface area contributed by atoms with Crippen LogP contribution in [-0.4, -0.2) is 51.5 Å². The van der Waals surface area contributed by atoms with Gasteiger partial charge in [-0.25, -0.2) is 4.79 Å². The highest BCUT2D eigenvalue weighted by molar-refractivity contribution is 5.98. The molecule has 0 radical (unpaired) electrons. The summed E-state index contributed by atoms with van der Waals surface area (Å²) in [7, 11) is 0. The molecule has 3 fully saturated rings. The average molecular weight is 469 g/mol. The fourth-order valence-electron chi connectivity index (χ4n) is 9.27. The first-order valence-corrected chi connectivity index (χ1v) is 12.8. The predicted molar refractivity (Wildman–Crippen MR) is 125 cm³/mol. The molecule has 6 heteroatoms. The summed E-state index contributed by atoms with van der Waals surface area (Å²) in [6.45, 7) is 7.70. The molecule has 2 aliphatic heterocycles. The Hall–Kier alpha value is -1.76. The van der Waals surface area contributed by atoms with E-state index >= 15 is 0 Å². The number of rotatable bonds is 2. The van der Waals surface area contributed by atoms with Crippen LogP contribution in [0.1, 0.15) is 72.6 Å². The number of ketones is 1. The van der Waals surface area contributed by atoms with E-state index in [1.54, 1.807) is 6.08 Å². The van der Waals surface area contributed by atoms with Gasteiger partial charge in [0.05, 0.1) is 23.2 Å². The van der Waals surface area contributed by atoms with Crippen molar-refractivity contribution in [3.05, 3.63) is 34.9 Å². The minimum absolute atomic E-state index is 0.121. The number of cyclic esters (lactones) is 1. The van der Waals surface area contributed by atoms with Gasteiger partial charge < -0.3 is 19.7 Å². The van der Waals surface area contributed by atoms with Crippen LogP contribution in [-0.2, 0) is 19.1 Å². The minimum atomic E-state index is -1.14. The first kappa shape index (κ1) is 22.7. The number of aliphatic hydroxyl groups excluding tert-OH is 1. The van der Waals surface area contributed by atoms with E-state index in [2.05, 4.69) is 19.9 Å². The summed E-state index contributed by atoms with van der Waals surface area (Å²) in [6.07, 6.45) is 10.5. The first-order chi connectivity index (χ1) is 16.0. The molecule has 2 heterocycles. The third kappa shape index (κ3) is 2.25. The SMILES string of the molecule is CC1=C(CO)C(=O)O[C@@H]([C@@]2(C)O[C@@]34CC[C@@]2(O)[C@@]3(C)CC[C@H]2[C@H]4CC=C3CC=CC(=O)[C@@]32C)C1. The Morgan fingerprint density at radius 2 is 1.88 bits per heavy atom. The summed E-state index contributed by atoms with van der Waals surface area (Å²) in [5.74, 6) is -0.0463. The molecule has 6 aliphatic rings. The smallest absolute Gasteiger partial charge is 0.336 e. The van der Waals surface area contributed by atoms with Crippen molar-refractivity contribution in [3.63, 3.8) is 0 Å². The van der Waals surface area contributed by atoms with E-state index in [0.29, 0.717) is 18.4 Å². The van der Waals surface area contributed by atoms with Crippen molar-refractivity contribution in [2.45, 2.75) is 95.5 Å². The van der Waals surface area contributed by atoms with Crippen LogP contribution in [0.3, 0.4) is 0 Å². The van der Waals surface area contributed by atoms with Crippen molar-refractivity contribution in [1.82, 2.24) is 0 Å². The zero-order valence-electron chi connectivity index (χ0n) is 20.6. The highest BCUT2D eigenvalue weighted by Gasteiger charge is 2.84. The van der Waals surface area contributed by atoms with Gasteiger partial charge in [-0.2, -0.15) is 0 Å². The zero-order chi connectivity index (χ0) is 24.3. The lowest BCUT2D eigenvalue weighted by molar-refractivity contribution is -0.248. The Bertz CT molecular complexity index is 1090. The van der Waals surface area contributed by atoms with Crippen molar-refractivity contribution < 1.29 is 29.3 Å². The molecular weight excluding hydrogens is 432 g/mol. The number of ether oxygens (including phenoxy) is 2. The van der Waals surface area contributed by atoms with Crippen molar-refractivity contribution in [2.75, 3.05) is 6.61 Å². The van der Waals surface area contributed by atoms with Gasteiger partial charge in [-0.05, 0) is 77.2 Å². The summed E-state index contributed by atoms with van der Waals surface area (Å²) >= 11 is 0. The second kappa shape index (κ2) is 6.71. The predicted octanol–water partition coefficient (Wildman–Crippen LogP) is 3.56. The van der Waals surface area contributed by atoms with E-state index < -0.39 is 39.7 Å². The van der Waals surface area contributed by atoms with Gasteiger partial charge in [0.15, 0.2) is 5.78 Å². The molecule has 0 unspecified atom stereocenters. The number of carbonyl (C=O) groups excluding carboxylic acids is 2. The number of allylic oxidation sites excluding steroid dienone is 4. The number of hydrogen-bond donors (Lipinski definition) is 2. The second-order valence-electron chi connectivity index (χ2n) is 12.2. The van der Waals surface area contributed by atoms with E-state index in [9.17, 15) is 19.8 Å². The number of carbonyl (C=O) groups is 2.